The van der Waals surface area contributed by atoms with Crippen LogP contribution in [0.5, 0.6) is 0 Å². The van der Waals surface area contributed by atoms with Gasteiger partial charge in [0.25, 0.3) is 0 Å². The summed E-state index contributed by atoms with van der Waals surface area (Å²) >= 11 is 0. The molecule has 1 heterocycles. The van der Waals surface area contributed by atoms with Gasteiger partial charge in [0.1, 0.15) is 0 Å². The fourth-order valence-electron chi connectivity index (χ4n) is 2.95. The predicted octanol–water partition coefficient (Wildman–Crippen LogP) is 3.37. The van der Waals surface area contributed by atoms with Gasteiger partial charge in [0, 0.05) is 11.6 Å². The van der Waals surface area contributed by atoms with Gasteiger partial charge < -0.3 is 5.73 Å². The van der Waals surface area contributed by atoms with Crippen LogP contribution in [-0.2, 0) is 0 Å². The van der Waals surface area contributed by atoms with E-state index in [9.17, 15) is 13.2 Å². The fourth-order valence-corrected chi connectivity index (χ4v) is 2.95. The Labute approximate surface area is 117 Å². The van der Waals surface area contributed by atoms with E-state index >= 15 is 0 Å². The van der Waals surface area contributed by atoms with Crippen molar-refractivity contribution in [1.29, 1.82) is 0 Å². The van der Waals surface area contributed by atoms with E-state index < -0.39 is 17.5 Å². The van der Waals surface area contributed by atoms with Gasteiger partial charge in [0.15, 0.2) is 17.5 Å². The van der Waals surface area contributed by atoms with Crippen molar-refractivity contribution in [2.24, 2.45) is 5.73 Å². The molecule has 1 aliphatic heterocycles. The second-order valence-corrected chi connectivity index (χ2v) is 6.41. The number of piperidine rings is 1. The molecule has 2 unspecified atom stereocenters. The van der Waals surface area contributed by atoms with E-state index in [4.69, 9.17) is 5.73 Å². The van der Waals surface area contributed by atoms with Crippen LogP contribution in [0.2, 0.25) is 0 Å². The number of rotatable bonds is 1. The zero-order chi connectivity index (χ0) is 15.1. The molecule has 2 nitrogen and oxygen atoms in total. The first-order valence-corrected chi connectivity index (χ1v) is 6.88. The van der Waals surface area contributed by atoms with Gasteiger partial charge >= 0.3 is 0 Å². The molecule has 1 aliphatic rings. The summed E-state index contributed by atoms with van der Waals surface area (Å²) in [4.78, 5) is 2.13. The molecule has 20 heavy (non-hydrogen) atoms. The molecule has 1 aromatic carbocycles. The zero-order valence-corrected chi connectivity index (χ0v) is 12.1. The van der Waals surface area contributed by atoms with Gasteiger partial charge in [-0.1, -0.05) is 0 Å². The maximum Gasteiger partial charge on any atom is 0.194 e. The summed E-state index contributed by atoms with van der Waals surface area (Å²) in [5.74, 6) is -3.75. The summed E-state index contributed by atoms with van der Waals surface area (Å²) in [6.45, 7) is 6.92. The van der Waals surface area contributed by atoms with Gasteiger partial charge in [-0.3, -0.25) is 4.90 Å². The van der Waals surface area contributed by atoms with E-state index in [2.05, 4.69) is 4.90 Å². The van der Waals surface area contributed by atoms with Crippen LogP contribution in [0.15, 0.2) is 12.1 Å². The molecule has 2 rings (SSSR count). The van der Waals surface area contributed by atoms with Crippen molar-refractivity contribution in [1.82, 2.24) is 4.90 Å². The molecule has 5 heteroatoms. The van der Waals surface area contributed by atoms with E-state index in [0.717, 1.165) is 31.5 Å². The first kappa shape index (κ1) is 15.3. The minimum atomic E-state index is -1.43. The Hall–Kier alpha value is -1.07. The fraction of sp³-hybridized carbons (Fsp3) is 0.600. The van der Waals surface area contributed by atoms with Gasteiger partial charge in [-0.05, 0) is 57.9 Å². The van der Waals surface area contributed by atoms with Crippen molar-refractivity contribution < 1.29 is 13.2 Å². The summed E-state index contributed by atoms with van der Waals surface area (Å²) < 4.78 is 40.1. The first-order chi connectivity index (χ1) is 9.21. The van der Waals surface area contributed by atoms with Crippen LogP contribution in [0.4, 0.5) is 13.2 Å². The lowest BCUT2D eigenvalue weighted by atomic mass is 9.87. The van der Waals surface area contributed by atoms with E-state index in [-0.39, 0.29) is 17.6 Å². The molecule has 0 spiro atoms. The lowest BCUT2D eigenvalue weighted by Crippen LogP contribution is -2.53. The van der Waals surface area contributed by atoms with Crippen LogP contribution in [-0.4, -0.2) is 23.0 Å². The SMILES string of the molecule is CC(C)(C)N1CCCC(N)C1c1cc(F)c(F)c(F)c1. The Morgan fingerprint density at radius 2 is 1.70 bits per heavy atom. The highest BCUT2D eigenvalue weighted by atomic mass is 19.2. The molecule has 0 bridgehead atoms. The van der Waals surface area contributed by atoms with Crippen LogP contribution >= 0.6 is 0 Å². The van der Waals surface area contributed by atoms with Crippen LogP contribution in [0.1, 0.15) is 45.2 Å². The Morgan fingerprint density at radius 3 is 2.20 bits per heavy atom. The van der Waals surface area contributed by atoms with E-state index in [1.165, 1.54) is 0 Å². The molecular weight excluding hydrogens is 265 g/mol. The molecule has 1 saturated heterocycles. The number of benzene rings is 1. The highest BCUT2D eigenvalue weighted by molar-refractivity contribution is 5.25. The Kier molecular flexibility index (Phi) is 4.12. The molecule has 0 saturated carbocycles. The third kappa shape index (κ3) is 2.83. The van der Waals surface area contributed by atoms with Crippen LogP contribution < -0.4 is 5.73 Å². The summed E-state index contributed by atoms with van der Waals surface area (Å²) in [5, 5.41) is 0. The number of halogens is 3. The summed E-state index contributed by atoms with van der Waals surface area (Å²) in [5.41, 5.74) is 6.39. The van der Waals surface area contributed by atoms with E-state index in [1.807, 2.05) is 20.8 Å². The van der Waals surface area contributed by atoms with Gasteiger partial charge in [0.05, 0.1) is 6.04 Å². The third-order valence-corrected chi connectivity index (χ3v) is 3.89. The predicted molar refractivity (Wildman–Crippen MR) is 72.7 cm³/mol. The lowest BCUT2D eigenvalue weighted by molar-refractivity contribution is 0.0380. The second kappa shape index (κ2) is 5.37. The number of nitrogens with two attached hydrogens (primary N) is 1. The van der Waals surface area contributed by atoms with Crippen LogP contribution in [0, 0.1) is 17.5 Å². The highest BCUT2D eigenvalue weighted by Gasteiger charge is 2.37. The number of likely N-dealkylation sites (tertiary alicyclic amines) is 1. The minimum absolute atomic E-state index is 0.177. The van der Waals surface area contributed by atoms with Crippen molar-refractivity contribution in [3.05, 3.63) is 35.1 Å². The van der Waals surface area contributed by atoms with Crippen molar-refractivity contribution in [3.63, 3.8) is 0 Å². The Morgan fingerprint density at radius 1 is 1.15 bits per heavy atom. The molecule has 2 atom stereocenters. The van der Waals surface area contributed by atoms with Gasteiger partial charge in [-0.15, -0.1) is 0 Å². The molecule has 1 fully saturated rings. The largest absolute Gasteiger partial charge is 0.326 e. The van der Waals surface area contributed by atoms with Crippen molar-refractivity contribution in [2.45, 2.75) is 51.2 Å². The molecule has 0 aliphatic carbocycles. The minimum Gasteiger partial charge on any atom is -0.326 e. The molecule has 112 valence electrons. The quantitative estimate of drug-likeness (QED) is 0.802. The van der Waals surface area contributed by atoms with Crippen molar-refractivity contribution in [3.8, 4) is 0 Å². The maximum absolute atomic E-state index is 13.5. The van der Waals surface area contributed by atoms with Crippen molar-refractivity contribution in [2.75, 3.05) is 6.54 Å². The molecule has 2 N–H and O–H groups in total. The summed E-state index contributed by atoms with van der Waals surface area (Å²) in [6.07, 6.45) is 1.74. The average molecular weight is 286 g/mol. The van der Waals surface area contributed by atoms with Crippen molar-refractivity contribution >= 4 is 0 Å². The second-order valence-electron chi connectivity index (χ2n) is 6.41. The molecular formula is C15H21F3N2. The lowest BCUT2D eigenvalue weighted by Gasteiger charge is -2.47. The summed E-state index contributed by atoms with van der Waals surface area (Å²) in [6, 6.07) is 1.61. The first-order valence-electron chi connectivity index (χ1n) is 6.88. The van der Waals surface area contributed by atoms with Crippen LogP contribution in [0.3, 0.4) is 0 Å². The average Bonchev–Trinajstić information content (AvgIpc) is 2.34. The standard InChI is InChI=1S/C15H21F3N2/c1-15(2,3)20-6-4-5-12(19)14(20)9-7-10(16)13(18)11(17)8-9/h7-8,12,14H,4-6,19H2,1-3H3. The van der Waals surface area contributed by atoms with Gasteiger partial charge in [-0.25, -0.2) is 13.2 Å². The zero-order valence-electron chi connectivity index (χ0n) is 12.1. The number of hydrogen-bond donors (Lipinski definition) is 1. The molecule has 0 aromatic heterocycles. The monoisotopic (exact) mass is 286 g/mol. The van der Waals surface area contributed by atoms with Gasteiger partial charge in [0.2, 0.25) is 0 Å². The van der Waals surface area contributed by atoms with E-state index in [0.29, 0.717) is 5.56 Å². The normalized spacial score (nSPS) is 24.9. The highest BCUT2D eigenvalue weighted by Crippen LogP contribution is 2.36. The number of hydrogen-bond acceptors (Lipinski definition) is 2. The number of nitrogens with zero attached hydrogens (tertiary/aromatic N) is 1. The maximum atomic E-state index is 13.5. The smallest absolute Gasteiger partial charge is 0.194 e. The third-order valence-electron chi connectivity index (χ3n) is 3.89. The summed E-state index contributed by atoms with van der Waals surface area (Å²) in [7, 11) is 0. The van der Waals surface area contributed by atoms with Crippen LogP contribution in [0.25, 0.3) is 0 Å². The molecule has 1 aromatic rings. The Bertz CT molecular complexity index is 473. The topological polar surface area (TPSA) is 29.3 Å². The molecule has 0 amide bonds. The van der Waals surface area contributed by atoms with E-state index in [1.54, 1.807) is 0 Å². The molecule has 0 radical (unpaired) electrons. The van der Waals surface area contributed by atoms with Gasteiger partial charge in [-0.2, -0.15) is 0 Å². The Balaban J connectivity index is 2.45.